The summed E-state index contributed by atoms with van der Waals surface area (Å²) in [7, 11) is -3.18. The van der Waals surface area contributed by atoms with Crippen LogP contribution in [-0.2, 0) is 4.74 Å². The molecule has 0 saturated heterocycles. The molecule has 0 saturated carbocycles. The molecule has 2 N–H and O–H groups in total. The van der Waals surface area contributed by atoms with Gasteiger partial charge in [-0.3, -0.25) is 4.57 Å². The molecule has 0 aliphatic heterocycles. The number of hydrogen-bond donors (Lipinski definition) is 2. The van der Waals surface area contributed by atoms with Gasteiger partial charge >= 0.3 is 13.2 Å². The van der Waals surface area contributed by atoms with Gasteiger partial charge < -0.3 is 19.0 Å². The van der Waals surface area contributed by atoms with E-state index in [9.17, 15) is 14.8 Å². The van der Waals surface area contributed by atoms with Crippen molar-refractivity contribution in [3.05, 3.63) is 24.3 Å². The Bertz CT molecular complexity index is 846. The fourth-order valence-corrected chi connectivity index (χ4v) is 3.17. The topological polar surface area (TPSA) is 80.9 Å². The number of carbonyl (C=O) groups excluding carboxylic acids is 1. The Labute approximate surface area is 163 Å². The minimum atomic E-state index is -1.80. The van der Waals surface area contributed by atoms with Crippen LogP contribution >= 0.6 is 10.3 Å². The summed E-state index contributed by atoms with van der Waals surface area (Å²) < 4.78 is 12.9. The van der Waals surface area contributed by atoms with Gasteiger partial charge in [0.25, 0.3) is 0 Å². The average Bonchev–Trinajstić information content (AvgIpc) is 2.82. The number of ether oxygens (including phenoxy) is 1. The molecule has 2 aromatic rings. The number of fused-ring (bicyclic) bond motifs is 1. The smallest absolute Gasteiger partial charge is 0.449 e. The highest BCUT2D eigenvalue weighted by atomic mass is 32.3. The van der Waals surface area contributed by atoms with Crippen molar-refractivity contribution in [3.63, 3.8) is 0 Å². The van der Waals surface area contributed by atoms with Crippen LogP contribution in [-0.4, -0.2) is 50.7 Å². The first-order chi connectivity index (χ1) is 12.1. The van der Waals surface area contributed by atoms with E-state index in [2.05, 4.69) is 33.3 Å². The van der Waals surface area contributed by atoms with Crippen LogP contribution in [0, 0.1) is 0 Å². The lowest BCUT2D eigenvalue weighted by atomic mass is 9.86. The second-order valence-electron chi connectivity index (χ2n) is 8.91. The zero-order chi connectivity index (χ0) is 20.8. The van der Waals surface area contributed by atoms with E-state index >= 15 is 0 Å². The molecule has 0 bridgehead atoms. The van der Waals surface area contributed by atoms with E-state index in [-0.39, 0.29) is 10.3 Å². The molecule has 1 aromatic heterocycles. The standard InChI is InChI=1S/C19H30BNO5S/c1-18(2,3)25-17(22)21-15-10-9-14(26-27(7,8)19(4,5)6)11-13(15)12-16(21)20(23)24/h9-12,23-24H,1-8H3. The number of rotatable bonds is 3. The van der Waals surface area contributed by atoms with Gasteiger partial charge in [-0.25, -0.2) is 4.79 Å². The molecule has 150 valence electrons. The maximum Gasteiger partial charge on any atom is 0.506 e. The van der Waals surface area contributed by atoms with Gasteiger partial charge in [-0.05, 0) is 78.3 Å². The summed E-state index contributed by atoms with van der Waals surface area (Å²) in [5.41, 5.74) is -0.115. The molecule has 0 radical (unpaired) electrons. The molecule has 1 aromatic carbocycles. The SMILES string of the molecule is CC(C)(C)OC(=O)n1c(B(O)O)cc2cc(OS(C)(C)C(C)(C)C)ccc21. The van der Waals surface area contributed by atoms with Gasteiger partial charge in [-0.1, -0.05) is 10.3 Å². The Balaban J connectivity index is 2.51. The van der Waals surface area contributed by atoms with Crippen LogP contribution in [0.1, 0.15) is 41.5 Å². The monoisotopic (exact) mass is 395 g/mol. The summed E-state index contributed by atoms with van der Waals surface area (Å²) in [5, 5.41) is 20.1. The van der Waals surface area contributed by atoms with Gasteiger partial charge in [-0.15, -0.1) is 0 Å². The van der Waals surface area contributed by atoms with Crippen molar-refractivity contribution >= 4 is 40.0 Å². The predicted molar refractivity (Wildman–Crippen MR) is 113 cm³/mol. The van der Waals surface area contributed by atoms with E-state index in [0.29, 0.717) is 16.7 Å². The highest BCUT2D eigenvalue weighted by Gasteiger charge is 2.31. The van der Waals surface area contributed by atoms with E-state index in [1.165, 1.54) is 4.57 Å². The van der Waals surface area contributed by atoms with Crippen LogP contribution in [0.3, 0.4) is 0 Å². The molecule has 0 aliphatic rings. The highest BCUT2D eigenvalue weighted by molar-refractivity contribution is 8.30. The molecule has 27 heavy (non-hydrogen) atoms. The summed E-state index contributed by atoms with van der Waals surface area (Å²) >= 11 is 0. The molecule has 0 atom stereocenters. The Hall–Kier alpha value is -1.64. The summed E-state index contributed by atoms with van der Waals surface area (Å²) in [5.74, 6) is 0.678. The second kappa shape index (κ2) is 7.07. The molecule has 2 rings (SSSR count). The zero-order valence-corrected chi connectivity index (χ0v) is 18.2. The average molecular weight is 395 g/mol. The maximum atomic E-state index is 12.6. The number of aromatic nitrogens is 1. The van der Waals surface area contributed by atoms with Crippen molar-refractivity contribution < 1.29 is 23.8 Å². The first-order valence-corrected chi connectivity index (χ1v) is 11.2. The van der Waals surface area contributed by atoms with Crippen LogP contribution in [0.25, 0.3) is 10.9 Å². The Morgan fingerprint density at radius 2 is 1.67 bits per heavy atom. The molecule has 0 aliphatic carbocycles. The summed E-state index contributed by atoms with van der Waals surface area (Å²) in [4.78, 5) is 12.6. The van der Waals surface area contributed by atoms with E-state index < -0.39 is 29.1 Å². The summed E-state index contributed by atoms with van der Waals surface area (Å²) in [6.45, 7) is 11.7. The predicted octanol–water partition coefficient (Wildman–Crippen LogP) is 3.26. The first kappa shape index (κ1) is 21.7. The van der Waals surface area contributed by atoms with Crippen molar-refractivity contribution in [1.82, 2.24) is 4.57 Å². The van der Waals surface area contributed by atoms with Gasteiger partial charge in [0.15, 0.2) is 0 Å². The fourth-order valence-electron chi connectivity index (χ4n) is 2.33. The molecular formula is C19H30BNO5S. The van der Waals surface area contributed by atoms with Gasteiger partial charge in [0.05, 0.1) is 11.1 Å². The third-order valence-electron chi connectivity index (χ3n) is 4.42. The van der Waals surface area contributed by atoms with Gasteiger partial charge in [0.2, 0.25) is 0 Å². The van der Waals surface area contributed by atoms with Crippen molar-refractivity contribution in [1.29, 1.82) is 0 Å². The number of nitrogens with zero attached hydrogens (tertiary/aromatic N) is 1. The molecule has 0 amide bonds. The first-order valence-electron chi connectivity index (χ1n) is 8.80. The van der Waals surface area contributed by atoms with E-state index in [4.69, 9.17) is 8.92 Å². The minimum absolute atomic E-state index is 0.00312. The molecule has 8 heteroatoms. The van der Waals surface area contributed by atoms with Crippen LogP contribution in [0.5, 0.6) is 5.75 Å². The lowest BCUT2D eigenvalue weighted by Gasteiger charge is -2.43. The lowest BCUT2D eigenvalue weighted by molar-refractivity contribution is 0.0547. The van der Waals surface area contributed by atoms with Crippen LogP contribution < -0.4 is 9.78 Å². The number of benzene rings is 1. The molecule has 6 nitrogen and oxygen atoms in total. The number of carbonyl (C=O) groups is 1. The van der Waals surface area contributed by atoms with Crippen LogP contribution in [0.2, 0.25) is 0 Å². The molecule has 0 spiro atoms. The molecule has 1 heterocycles. The van der Waals surface area contributed by atoms with E-state index in [0.717, 1.165) is 0 Å². The second-order valence-corrected chi connectivity index (χ2v) is 12.8. The van der Waals surface area contributed by atoms with Crippen molar-refractivity contribution in [3.8, 4) is 5.75 Å². The quantitative estimate of drug-likeness (QED) is 0.780. The van der Waals surface area contributed by atoms with Crippen LogP contribution in [0.4, 0.5) is 4.79 Å². The van der Waals surface area contributed by atoms with Crippen LogP contribution in [0.15, 0.2) is 24.3 Å². The van der Waals surface area contributed by atoms with Gasteiger partial charge in [0.1, 0.15) is 11.4 Å². The molecule has 0 unspecified atom stereocenters. The Morgan fingerprint density at radius 1 is 1.07 bits per heavy atom. The highest BCUT2D eigenvalue weighted by Crippen LogP contribution is 2.53. The third kappa shape index (κ3) is 4.80. The summed E-state index contributed by atoms with van der Waals surface area (Å²) in [6, 6.07) is 6.90. The Morgan fingerprint density at radius 3 is 2.15 bits per heavy atom. The zero-order valence-electron chi connectivity index (χ0n) is 17.4. The minimum Gasteiger partial charge on any atom is -0.449 e. The van der Waals surface area contributed by atoms with Gasteiger partial charge in [-0.2, -0.15) is 0 Å². The van der Waals surface area contributed by atoms with Crippen molar-refractivity contribution in [2.75, 3.05) is 12.5 Å². The van der Waals surface area contributed by atoms with E-state index in [1.54, 1.807) is 39.0 Å². The van der Waals surface area contributed by atoms with Gasteiger partial charge in [0, 0.05) is 10.1 Å². The third-order valence-corrected chi connectivity index (χ3v) is 7.98. The summed E-state index contributed by atoms with van der Waals surface area (Å²) in [6.07, 6.45) is 3.55. The van der Waals surface area contributed by atoms with Crippen molar-refractivity contribution in [2.45, 2.75) is 51.9 Å². The molecule has 0 fully saturated rings. The maximum absolute atomic E-state index is 12.6. The Kier molecular flexibility index (Phi) is 5.67. The normalized spacial score (nSPS) is 13.6. The fraction of sp³-hybridized carbons (Fsp3) is 0.526. The van der Waals surface area contributed by atoms with Crippen molar-refractivity contribution in [2.24, 2.45) is 0 Å². The number of hydrogen-bond acceptors (Lipinski definition) is 5. The molecular weight excluding hydrogens is 365 g/mol. The van der Waals surface area contributed by atoms with E-state index in [1.807, 2.05) is 6.07 Å². The largest absolute Gasteiger partial charge is 0.506 e. The lowest BCUT2D eigenvalue weighted by Crippen LogP contribution is -2.40.